The van der Waals surface area contributed by atoms with Gasteiger partial charge in [0.15, 0.2) is 15.8 Å². The van der Waals surface area contributed by atoms with Crippen molar-refractivity contribution in [3.05, 3.63) is 35.4 Å². The Morgan fingerprint density at radius 1 is 1.34 bits per heavy atom. The lowest BCUT2D eigenvalue weighted by atomic mass is 9.89. The summed E-state index contributed by atoms with van der Waals surface area (Å²) in [6.07, 6.45) is 4.46. The summed E-state index contributed by atoms with van der Waals surface area (Å²) in [4.78, 5) is 6.81. The van der Waals surface area contributed by atoms with Gasteiger partial charge in [-0.05, 0) is 57.6 Å². The number of fused-ring (bicyclic) bond motifs is 1. The van der Waals surface area contributed by atoms with E-state index in [1.807, 2.05) is 6.92 Å². The molecule has 29 heavy (non-hydrogen) atoms. The Morgan fingerprint density at radius 2 is 2.14 bits per heavy atom. The van der Waals surface area contributed by atoms with Crippen molar-refractivity contribution in [1.82, 2.24) is 10.2 Å². The van der Waals surface area contributed by atoms with Crippen LogP contribution in [0, 0.1) is 0 Å². The van der Waals surface area contributed by atoms with Gasteiger partial charge in [-0.25, -0.2) is 8.42 Å². The molecule has 2 aliphatic rings. The Morgan fingerprint density at radius 3 is 2.90 bits per heavy atom. The number of aliphatic imine (C=N–C) groups is 1. The maximum absolute atomic E-state index is 12.3. The summed E-state index contributed by atoms with van der Waals surface area (Å²) in [5.74, 6) is 0.979. The molecule has 3 rings (SSSR count). The van der Waals surface area contributed by atoms with Gasteiger partial charge in [-0.2, -0.15) is 0 Å². The average molecular weight is 422 g/mol. The molecule has 6 nitrogen and oxygen atoms in total. The van der Waals surface area contributed by atoms with E-state index in [0.29, 0.717) is 26.2 Å². The first-order chi connectivity index (χ1) is 13.8. The average Bonchev–Trinajstić information content (AvgIpc) is 2.69. The number of aryl methyl sites for hydroxylation is 1. The zero-order valence-corrected chi connectivity index (χ0v) is 18.8. The van der Waals surface area contributed by atoms with Crippen molar-refractivity contribution < 1.29 is 13.2 Å². The molecule has 1 aliphatic heterocycles. The standard InChI is InChI=1S/C22H35N3O3S/c1-4-23-21(25-14-16-29(26,27)22(2,3)17-25)24-13-8-15-28-20-12-7-10-18-9-5-6-11-19(18)20/h5-6,9,11,20H,4,7-8,10,12-17H2,1-3H3,(H,23,24). The number of guanidine groups is 1. The Balaban J connectivity index is 1.52. The zero-order valence-electron chi connectivity index (χ0n) is 18.0. The van der Waals surface area contributed by atoms with Gasteiger partial charge in [0.25, 0.3) is 0 Å². The third kappa shape index (κ3) is 5.31. The van der Waals surface area contributed by atoms with Gasteiger partial charge in [0, 0.05) is 32.8 Å². The predicted molar refractivity (Wildman–Crippen MR) is 118 cm³/mol. The van der Waals surface area contributed by atoms with Crippen LogP contribution in [0.4, 0.5) is 0 Å². The van der Waals surface area contributed by atoms with E-state index in [-0.39, 0.29) is 11.9 Å². The molecule has 1 aromatic rings. The number of nitrogens with zero attached hydrogens (tertiary/aromatic N) is 2. The van der Waals surface area contributed by atoms with Crippen LogP contribution < -0.4 is 5.32 Å². The zero-order chi connectivity index (χ0) is 20.9. The number of hydrogen-bond donors (Lipinski definition) is 1. The van der Waals surface area contributed by atoms with E-state index in [1.54, 1.807) is 13.8 Å². The summed E-state index contributed by atoms with van der Waals surface area (Å²) in [6, 6.07) is 8.59. The molecule has 1 unspecified atom stereocenters. The molecule has 0 amide bonds. The van der Waals surface area contributed by atoms with Gasteiger partial charge in [0.2, 0.25) is 0 Å². The van der Waals surface area contributed by atoms with Crippen molar-refractivity contribution in [3.63, 3.8) is 0 Å². The fourth-order valence-corrected chi connectivity index (χ4v) is 5.47. The lowest BCUT2D eigenvalue weighted by Gasteiger charge is -2.39. The SMILES string of the molecule is CCNC(=NCCCOC1CCCc2ccccc21)N1CCS(=O)(=O)C(C)(C)C1. The molecule has 0 bridgehead atoms. The molecule has 1 heterocycles. The van der Waals surface area contributed by atoms with Crippen LogP contribution in [0.5, 0.6) is 0 Å². The first kappa shape index (κ1) is 22.1. The Labute approximate surface area is 175 Å². The lowest BCUT2D eigenvalue weighted by molar-refractivity contribution is 0.0402. The lowest BCUT2D eigenvalue weighted by Crippen LogP contribution is -2.57. The maximum Gasteiger partial charge on any atom is 0.193 e. The molecular formula is C22H35N3O3S. The monoisotopic (exact) mass is 421 g/mol. The van der Waals surface area contributed by atoms with E-state index in [1.165, 1.54) is 17.5 Å². The summed E-state index contributed by atoms with van der Waals surface area (Å²) in [5.41, 5.74) is 2.76. The van der Waals surface area contributed by atoms with Crippen LogP contribution >= 0.6 is 0 Å². The van der Waals surface area contributed by atoms with Crippen molar-refractivity contribution in [2.24, 2.45) is 4.99 Å². The minimum absolute atomic E-state index is 0.175. The molecule has 1 atom stereocenters. The fourth-order valence-electron chi connectivity index (χ4n) is 4.11. The highest BCUT2D eigenvalue weighted by Gasteiger charge is 2.40. The predicted octanol–water partition coefficient (Wildman–Crippen LogP) is 2.95. The van der Waals surface area contributed by atoms with Crippen molar-refractivity contribution >= 4 is 15.8 Å². The summed E-state index contributed by atoms with van der Waals surface area (Å²) in [5, 5.41) is 3.31. The van der Waals surface area contributed by atoms with Crippen molar-refractivity contribution in [1.29, 1.82) is 0 Å². The molecule has 7 heteroatoms. The number of sulfone groups is 1. The van der Waals surface area contributed by atoms with Gasteiger partial charge in [0.1, 0.15) is 0 Å². The number of benzene rings is 1. The van der Waals surface area contributed by atoms with Crippen molar-refractivity contribution in [2.45, 2.75) is 57.3 Å². The van der Waals surface area contributed by atoms with Crippen LogP contribution in [-0.4, -0.2) is 62.6 Å². The molecule has 0 aromatic heterocycles. The second kappa shape index (κ2) is 9.47. The second-order valence-electron chi connectivity index (χ2n) is 8.54. The summed E-state index contributed by atoms with van der Waals surface area (Å²) in [7, 11) is -3.05. The van der Waals surface area contributed by atoms with Crippen molar-refractivity contribution in [3.8, 4) is 0 Å². The van der Waals surface area contributed by atoms with Crippen LogP contribution in [0.25, 0.3) is 0 Å². The fraction of sp³-hybridized carbons (Fsp3) is 0.682. The van der Waals surface area contributed by atoms with Crippen LogP contribution in [-0.2, 0) is 21.0 Å². The van der Waals surface area contributed by atoms with Gasteiger partial charge in [0.05, 0.1) is 16.6 Å². The van der Waals surface area contributed by atoms with E-state index in [2.05, 4.69) is 34.5 Å². The normalized spacial score (nSPS) is 23.5. The maximum atomic E-state index is 12.3. The van der Waals surface area contributed by atoms with E-state index in [4.69, 9.17) is 9.73 Å². The van der Waals surface area contributed by atoms with Crippen LogP contribution in [0.2, 0.25) is 0 Å². The second-order valence-corrected chi connectivity index (χ2v) is 11.3. The summed E-state index contributed by atoms with van der Waals surface area (Å²) >= 11 is 0. The molecular weight excluding hydrogens is 386 g/mol. The Kier molecular flexibility index (Phi) is 7.22. The third-order valence-electron chi connectivity index (χ3n) is 5.88. The Bertz CT molecular complexity index is 820. The number of ether oxygens (including phenoxy) is 1. The van der Waals surface area contributed by atoms with Gasteiger partial charge >= 0.3 is 0 Å². The highest BCUT2D eigenvalue weighted by molar-refractivity contribution is 7.92. The topological polar surface area (TPSA) is 71.0 Å². The van der Waals surface area contributed by atoms with Crippen LogP contribution in [0.1, 0.15) is 57.3 Å². The quantitative estimate of drug-likeness (QED) is 0.434. The van der Waals surface area contributed by atoms with E-state index >= 15 is 0 Å². The highest BCUT2D eigenvalue weighted by Crippen LogP contribution is 2.32. The van der Waals surface area contributed by atoms with E-state index in [9.17, 15) is 8.42 Å². The summed E-state index contributed by atoms with van der Waals surface area (Å²) < 4.78 is 29.9. The smallest absolute Gasteiger partial charge is 0.193 e. The number of nitrogens with one attached hydrogen (secondary N) is 1. The third-order valence-corrected chi connectivity index (χ3v) is 8.41. The van der Waals surface area contributed by atoms with E-state index in [0.717, 1.165) is 31.8 Å². The molecule has 0 spiro atoms. The van der Waals surface area contributed by atoms with Crippen LogP contribution in [0.15, 0.2) is 29.3 Å². The molecule has 1 aliphatic carbocycles. The van der Waals surface area contributed by atoms with Crippen LogP contribution in [0.3, 0.4) is 0 Å². The number of rotatable bonds is 6. The largest absolute Gasteiger partial charge is 0.373 e. The van der Waals surface area contributed by atoms with E-state index < -0.39 is 14.6 Å². The van der Waals surface area contributed by atoms with Gasteiger partial charge in [-0.1, -0.05) is 24.3 Å². The minimum atomic E-state index is -3.05. The number of hydrogen-bond acceptors (Lipinski definition) is 4. The highest BCUT2D eigenvalue weighted by atomic mass is 32.2. The first-order valence-electron chi connectivity index (χ1n) is 10.8. The van der Waals surface area contributed by atoms with Crippen molar-refractivity contribution in [2.75, 3.05) is 38.5 Å². The molecule has 1 fully saturated rings. The summed E-state index contributed by atoms with van der Waals surface area (Å²) in [6.45, 7) is 8.70. The molecule has 1 N–H and O–H groups in total. The van der Waals surface area contributed by atoms with Gasteiger partial charge in [-0.15, -0.1) is 0 Å². The Hall–Kier alpha value is -1.60. The minimum Gasteiger partial charge on any atom is -0.373 e. The molecule has 1 aromatic carbocycles. The molecule has 1 saturated heterocycles. The molecule has 0 saturated carbocycles. The molecule has 162 valence electrons. The molecule has 0 radical (unpaired) electrons. The van der Waals surface area contributed by atoms with Gasteiger partial charge < -0.3 is 15.0 Å². The van der Waals surface area contributed by atoms with Gasteiger partial charge in [-0.3, -0.25) is 4.99 Å². The first-order valence-corrected chi connectivity index (χ1v) is 12.4.